The van der Waals surface area contributed by atoms with Crippen molar-refractivity contribution in [1.29, 1.82) is 0 Å². The van der Waals surface area contributed by atoms with Crippen LogP contribution in [-0.4, -0.2) is 45.0 Å². The molecule has 32 heavy (non-hydrogen) atoms. The molecular formula is C23H28N4O3S2. The lowest BCUT2D eigenvalue weighted by molar-refractivity contribution is -0.111. The first-order valence-corrected chi connectivity index (χ1v) is 12.1. The number of thiazole rings is 1. The molecule has 1 aliphatic heterocycles. The minimum absolute atomic E-state index is 0.205. The van der Waals surface area contributed by atoms with Crippen LogP contribution in [0.3, 0.4) is 0 Å². The van der Waals surface area contributed by atoms with Gasteiger partial charge in [0.1, 0.15) is 17.0 Å². The fraction of sp³-hybridized carbons (Fsp3) is 0.304. The van der Waals surface area contributed by atoms with Crippen LogP contribution >= 0.6 is 11.3 Å². The number of carbonyl (C=O) groups is 1. The Kier molecular flexibility index (Phi) is 8.14. The predicted molar refractivity (Wildman–Crippen MR) is 131 cm³/mol. The molecule has 3 atom stereocenters. The van der Waals surface area contributed by atoms with E-state index in [-0.39, 0.29) is 17.8 Å². The third-order valence-electron chi connectivity index (χ3n) is 5.38. The number of hydrogen-bond acceptors (Lipinski definition) is 6. The Morgan fingerprint density at radius 2 is 1.94 bits per heavy atom. The normalized spacial score (nSPS) is 20.8. The highest BCUT2D eigenvalue weighted by Gasteiger charge is 2.33. The summed E-state index contributed by atoms with van der Waals surface area (Å²) in [6, 6.07) is 12.7. The van der Waals surface area contributed by atoms with Gasteiger partial charge in [0.2, 0.25) is 0 Å². The van der Waals surface area contributed by atoms with Gasteiger partial charge in [-0.15, -0.1) is 11.3 Å². The Labute approximate surface area is 195 Å². The molecule has 0 amide bonds. The largest absolute Gasteiger partial charge is 0.508 e. The standard InChI is InChI=1S/C14H15N3O3S2.C9H13N/c1-17-10(8-18)6-12(16-22(17)20)14-15-7-13(21-14)9-2-4-11(19)5-3-9;1-7-4-5-9(10-3)6-8(7)2/h2-5,7-8,10,12,16,19H,6H2,1H3;4-6,10H,1-3H3. The molecule has 9 heteroatoms. The van der Waals surface area contributed by atoms with Crippen molar-refractivity contribution < 1.29 is 14.1 Å². The van der Waals surface area contributed by atoms with Gasteiger partial charge in [0.05, 0.1) is 17.0 Å². The smallest absolute Gasteiger partial charge is 0.171 e. The number of phenolic OH excluding ortho intramolecular Hbond substituents is 1. The molecule has 7 nitrogen and oxygen atoms in total. The third-order valence-corrected chi connectivity index (χ3v) is 7.82. The molecule has 0 radical (unpaired) electrons. The minimum atomic E-state index is -1.40. The molecule has 0 aliphatic carbocycles. The zero-order chi connectivity index (χ0) is 23.3. The second-order valence-corrected chi connectivity index (χ2v) is 9.94. The molecule has 3 aromatic rings. The highest BCUT2D eigenvalue weighted by molar-refractivity contribution is 7.80. The summed E-state index contributed by atoms with van der Waals surface area (Å²) < 4.78 is 16.5. The van der Waals surface area contributed by atoms with Crippen LogP contribution in [0.4, 0.5) is 5.69 Å². The predicted octanol–water partition coefficient (Wildman–Crippen LogP) is 3.97. The van der Waals surface area contributed by atoms with E-state index in [9.17, 15) is 14.1 Å². The summed E-state index contributed by atoms with van der Waals surface area (Å²) in [5, 5.41) is 13.2. The van der Waals surface area contributed by atoms with Crippen LogP contribution < -0.4 is 10.0 Å². The Hall–Kier alpha value is -2.59. The van der Waals surface area contributed by atoms with E-state index < -0.39 is 11.2 Å². The molecule has 170 valence electrons. The van der Waals surface area contributed by atoms with E-state index in [1.165, 1.54) is 32.5 Å². The van der Waals surface area contributed by atoms with Crippen molar-refractivity contribution in [2.45, 2.75) is 32.4 Å². The van der Waals surface area contributed by atoms with Crippen LogP contribution in [0.25, 0.3) is 10.4 Å². The number of aldehydes is 1. The average molecular weight is 473 g/mol. The molecule has 0 spiro atoms. The number of aromatic hydroxyl groups is 1. The van der Waals surface area contributed by atoms with Gasteiger partial charge < -0.3 is 15.2 Å². The summed E-state index contributed by atoms with van der Waals surface area (Å²) in [6.07, 6.45) is 3.11. The highest BCUT2D eigenvalue weighted by Crippen LogP contribution is 2.33. The van der Waals surface area contributed by atoms with Crippen molar-refractivity contribution in [3.8, 4) is 16.2 Å². The van der Waals surface area contributed by atoms with Gasteiger partial charge in [-0.05, 0) is 73.4 Å². The fourth-order valence-corrected chi connectivity index (χ4v) is 5.22. The lowest BCUT2D eigenvalue weighted by atomic mass is 10.1. The second kappa shape index (κ2) is 10.8. The second-order valence-electron chi connectivity index (χ2n) is 7.56. The summed E-state index contributed by atoms with van der Waals surface area (Å²) in [5.74, 6) is 0.217. The zero-order valence-electron chi connectivity index (χ0n) is 18.5. The Balaban J connectivity index is 0.000000243. The number of phenols is 1. The van der Waals surface area contributed by atoms with Gasteiger partial charge in [-0.3, -0.25) is 0 Å². The molecule has 4 rings (SSSR count). The van der Waals surface area contributed by atoms with Crippen molar-refractivity contribution in [3.05, 3.63) is 64.8 Å². The SMILES string of the molecule is CN1C(C=O)CC(c2ncc(-c3ccc(O)cc3)s2)NS1=O.CNc1ccc(C)c(C)c1. The molecule has 1 saturated heterocycles. The van der Waals surface area contributed by atoms with E-state index in [2.05, 4.69) is 47.1 Å². The van der Waals surface area contributed by atoms with Crippen LogP contribution in [0.1, 0.15) is 28.6 Å². The van der Waals surface area contributed by atoms with Crippen molar-refractivity contribution >= 4 is 34.5 Å². The molecule has 1 aromatic heterocycles. The molecule has 2 aromatic carbocycles. The maximum absolute atomic E-state index is 12.0. The third kappa shape index (κ3) is 5.80. The maximum atomic E-state index is 12.0. The first-order valence-electron chi connectivity index (χ1n) is 10.2. The number of aryl methyl sites for hydroxylation is 2. The summed E-state index contributed by atoms with van der Waals surface area (Å²) in [5.41, 5.74) is 4.83. The van der Waals surface area contributed by atoms with Crippen LogP contribution in [0.2, 0.25) is 0 Å². The van der Waals surface area contributed by atoms with Gasteiger partial charge >= 0.3 is 0 Å². The van der Waals surface area contributed by atoms with E-state index in [1.54, 1.807) is 25.4 Å². The minimum Gasteiger partial charge on any atom is -0.508 e. The first kappa shape index (κ1) is 24.1. The van der Waals surface area contributed by atoms with Gasteiger partial charge in [-0.25, -0.2) is 18.2 Å². The zero-order valence-corrected chi connectivity index (χ0v) is 20.2. The summed E-state index contributed by atoms with van der Waals surface area (Å²) in [7, 11) is 3.59. The number of anilines is 1. The van der Waals surface area contributed by atoms with Crippen LogP contribution in [0.5, 0.6) is 5.75 Å². The number of nitrogens with one attached hydrogen (secondary N) is 2. The molecule has 1 aliphatic rings. The lowest BCUT2D eigenvalue weighted by Gasteiger charge is -2.32. The molecule has 0 saturated carbocycles. The molecule has 3 N–H and O–H groups in total. The summed E-state index contributed by atoms with van der Waals surface area (Å²) >= 11 is 0.0919. The lowest BCUT2D eigenvalue weighted by Crippen LogP contribution is -2.48. The van der Waals surface area contributed by atoms with Gasteiger partial charge in [-0.2, -0.15) is 0 Å². The van der Waals surface area contributed by atoms with E-state index in [1.807, 2.05) is 19.2 Å². The van der Waals surface area contributed by atoms with E-state index >= 15 is 0 Å². The molecule has 2 heterocycles. The van der Waals surface area contributed by atoms with Crippen molar-refractivity contribution in [2.24, 2.45) is 0 Å². The molecule has 0 bridgehead atoms. The Bertz CT molecular complexity index is 1090. The molecular weight excluding hydrogens is 444 g/mol. The average Bonchev–Trinajstić information content (AvgIpc) is 3.28. The number of benzene rings is 2. The Morgan fingerprint density at radius 3 is 2.56 bits per heavy atom. The Morgan fingerprint density at radius 1 is 1.22 bits per heavy atom. The van der Waals surface area contributed by atoms with E-state index in [4.69, 9.17) is 0 Å². The van der Waals surface area contributed by atoms with Gasteiger partial charge in [0, 0.05) is 26.0 Å². The topological polar surface area (TPSA) is 94.6 Å². The van der Waals surface area contributed by atoms with Gasteiger partial charge in [0.25, 0.3) is 0 Å². The fourth-order valence-electron chi connectivity index (χ4n) is 3.16. The number of likely N-dealkylation sites (N-methyl/N-ethyl adjacent to an activating group) is 1. The van der Waals surface area contributed by atoms with Gasteiger partial charge in [0.15, 0.2) is 11.2 Å². The number of hydrogen-bond donors (Lipinski definition) is 3. The number of nitrogens with zero attached hydrogens (tertiary/aromatic N) is 2. The van der Waals surface area contributed by atoms with Crippen LogP contribution in [0, 0.1) is 13.8 Å². The first-order chi connectivity index (χ1) is 15.3. The highest BCUT2D eigenvalue weighted by atomic mass is 32.2. The van der Waals surface area contributed by atoms with E-state index in [0.29, 0.717) is 6.42 Å². The van der Waals surface area contributed by atoms with Crippen molar-refractivity contribution in [2.75, 3.05) is 19.4 Å². The quantitative estimate of drug-likeness (QED) is 0.500. The van der Waals surface area contributed by atoms with Gasteiger partial charge in [-0.1, -0.05) is 6.07 Å². The van der Waals surface area contributed by atoms with Crippen molar-refractivity contribution in [1.82, 2.24) is 14.0 Å². The molecule has 1 fully saturated rings. The van der Waals surface area contributed by atoms with Crippen LogP contribution in [0.15, 0.2) is 48.7 Å². The number of rotatable bonds is 4. The van der Waals surface area contributed by atoms with Crippen LogP contribution in [-0.2, 0) is 16.0 Å². The summed E-state index contributed by atoms with van der Waals surface area (Å²) in [6.45, 7) is 4.24. The monoisotopic (exact) mass is 472 g/mol. The number of aromatic nitrogens is 1. The van der Waals surface area contributed by atoms with Crippen molar-refractivity contribution in [3.63, 3.8) is 0 Å². The van der Waals surface area contributed by atoms with E-state index in [0.717, 1.165) is 21.7 Å². The number of carbonyl (C=O) groups excluding carboxylic acids is 1. The summed E-state index contributed by atoms with van der Waals surface area (Å²) in [4.78, 5) is 16.5. The molecule has 3 unspecified atom stereocenters. The maximum Gasteiger partial charge on any atom is 0.171 e.